The van der Waals surface area contributed by atoms with Gasteiger partial charge in [0.05, 0.1) is 16.7 Å². The van der Waals surface area contributed by atoms with Gasteiger partial charge in [0.2, 0.25) is 4.77 Å². The van der Waals surface area contributed by atoms with Gasteiger partial charge in [0.15, 0.2) is 5.82 Å². The molecule has 2 heterocycles. The van der Waals surface area contributed by atoms with Gasteiger partial charge in [-0.15, -0.1) is 11.3 Å². The van der Waals surface area contributed by atoms with Crippen LogP contribution in [0.2, 0.25) is 0 Å². The molecule has 3 rings (SSSR count). The van der Waals surface area contributed by atoms with Gasteiger partial charge in [-0.1, -0.05) is 24.3 Å². The number of nitrogens with zero attached hydrogens (tertiary/aromatic N) is 3. The van der Waals surface area contributed by atoms with E-state index in [1.165, 1.54) is 28.3 Å². The molecule has 0 aliphatic rings. The average molecular weight is 330 g/mol. The van der Waals surface area contributed by atoms with Crippen LogP contribution in [0.1, 0.15) is 15.9 Å². The number of H-pyrrole nitrogens is 1. The van der Waals surface area contributed by atoms with Crippen molar-refractivity contribution >= 4 is 35.7 Å². The van der Waals surface area contributed by atoms with Gasteiger partial charge in [0.25, 0.3) is 0 Å². The molecule has 2 aromatic heterocycles. The van der Waals surface area contributed by atoms with Crippen LogP contribution in [-0.2, 0) is 0 Å². The van der Waals surface area contributed by atoms with E-state index < -0.39 is 5.97 Å². The molecule has 0 aliphatic heterocycles. The van der Waals surface area contributed by atoms with Crippen molar-refractivity contribution in [3.8, 4) is 10.7 Å². The smallest absolute Gasteiger partial charge is 0.336 e. The van der Waals surface area contributed by atoms with Gasteiger partial charge in [0.1, 0.15) is 0 Å². The number of rotatable bonds is 4. The Morgan fingerprint density at radius 3 is 2.91 bits per heavy atom. The van der Waals surface area contributed by atoms with E-state index in [2.05, 4.69) is 15.3 Å². The molecule has 3 aromatic rings. The van der Waals surface area contributed by atoms with Crippen molar-refractivity contribution in [1.82, 2.24) is 14.9 Å². The molecule has 110 valence electrons. The van der Waals surface area contributed by atoms with Crippen molar-refractivity contribution in [1.29, 1.82) is 0 Å². The second kappa shape index (κ2) is 6.04. The maximum absolute atomic E-state index is 11.2. The van der Waals surface area contributed by atoms with E-state index in [1.54, 1.807) is 18.2 Å². The lowest BCUT2D eigenvalue weighted by molar-refractivity contribution is 0.0697. The maximum atomic E-state index is 11.2. The number of nitrogens with one attached hydrogen (secondary N) is 1. The molecule has 6 nitrogen and oxygen atoms in total. The van der Waals surface area contributed by atoms with Crippen LogP contribution in [0.25, 0.3) is 10.7 Å². The largest absolute Gasteiger partial charge is 0.478 e. The summed E-state index contributed by atoms with van der Waals surface area (Å²) in [5.74, 6) is -0.416. The Kier molecular flexibility index (Phi) is 3.94. The predicted octanol–water partition coefficient (Wildman–Crippen LogP) is 3.25. The molecule has 22 heavy (non-hydrogen) atoms. The highest BCUT2D eigenvalue weighted by Gasteiger charge is 2.10. The summed E-state index contributed by atoms with van der Waals surface area (Å²) in [6.07, 6.45) is 1.46. The summed E-state index contributed by atoms with van der Waals surface area (Å²) in [4.78, 5) is 12.1. The van der Waals surface area contributed by atoms with E-state index in [0.717, 1.165) is 4.88 Å². The number of carboxylic acid groups (broad SMARTS) is 1. The van der Waals surface area contributed by atoms with Gasteiger partial charge < -0.3 is 5.11 Å². The Hall–Kier alpha value is -2.58. The lowest BCUT2D eigenvalue weighted by atomic mass is 10.1. The number of hydrogen-bond acceptors (Lipinski definition) is 5. The third-order valence-electron chi connectivity index (χ3n) is 2.90. The van der Waals surface area contributed by atoms with Gasteiger partial charge in [-0.25, -0.2) is 9.89 Å². The van der Waals surface area contributed by atoms with Crippen molar-refractivity contribution in [3.63, 3.8) is 0 Å². The quantitative estimate of drug-likeness (QED) is 0.568. The Morgan fingerprint density at radius 2 is 2.18 bits per heavy atom. The normalized spacial score (nSPS) is 11.1. The van der Waals surface area contributed by atoms with Crippen LogP contribution >= 0.6 is 23.6 Å². The van der Waals surface area contributed by atoms with Gasteiger partial charge in [0, 0.05) is 5.56 Å². The van der Waals surface area contributed by atoms with E-state index in [4.69, 9.17) is 12.2 Å². The summed E-state index contributed by atoms with van der Waals surface area (Å²) in [7, 11) is 0. The van der Waals surface area contributed by atoms with Crippen molar-refractivity contribution < 1.29 is 9.90 Å². The number of carboxylic acids is 1. The highest BCUT2D eigenvalue weighted by Crippen LogP contribution is 2.22. The Labute approximate surface area is 134 Å². The molecule has 0 amide bonds. The number of aromatic nitrogens is 3. The zero-order chi connectivity index (χ0) is 15.5. The highest BCUT2D eigenvalue weighted by atomic mass is 32.1. The molecule has 0 bridgehead atoms. The van der Waals surface area contributed by atoms with Crippen LogP contribution in [0.15, 0.2) is 46.9 Å². The van der Waals surface area contributed by atoms with Crippen molar-refractivity contribution in [3.05, 3.63) is 57.7 Å². The Bertz CT molecular complexity index is 894. The molecule has 0 aliphatic carbocycles. The molecule has 2 N–H and O–H groups in total. The Morgan fingerprint density at radius 1 is 1.36 bits per heavy atom. The fourth-order valence-electron chi connectivity index (χ4n) is 1.89. The minimum atomic E-state index is -1.00. The molecule has 0 radical (unpaired) electrons. The van der Waals surface area contributed by atoms with Crippen LogP contribution in [0.3, 0.4) is 0 Å². The zero-order valence-electron chi connectivity index (χ0n) is 11.1. The molecule has 1 aromatic carbocycles. The Balaban J connectivity index is 2.03. The molecule has 0 spiro atoms. The fraction of sp³-hybridized carbons (Fsp3) is 0. The summed E-state index contributed by atoms with van der Waals surface area (Å²) < 4.78 is 1.81. The van der Waals surface area contributed by atoms with Gasteiger partial charge in [-0.05, 0) is 29.7 Å². The maximum Gasteiger partial charge on any atom is 0.336 e. The number of aromatic carboxylic acids is 1. The van der Waals surface area contributed by atoms with Crippen molar-refractivity contribution in [2.75, 3.05) is 0 Å². The molecule has 0 unspecified atom stereocenters. The first-order valence-electron chi connectivity index (χ1n) is 6.25. The molecule has 0 saturated heterocycles. The molecule has 8 heteroatoms. The van der Waals surface area contributed by atoms with Crippen LogP contribution in [0.5, 0.6) is 0 Å². The number of thiophene rings is 1. The number of hydrogen-bond donors (Lipinski definition) is 2. The SMILES string of the molecule is O=C(O)c1ccccc1/C=N\n1c(-c2cccs2)n[nH]c1=S. The fourth-order valence-corrected chi connectivity index (χ4v) is 2.77. The van der Waals surface area contributed by atoms with Crippen molar-refractivity contribution in [2.45, 2.75) is 0 Å². The third-order valence-corrected chi connectivity index (χ3v) is 4.03. The highest BCUT2D eigenvalue weighted by molar-refractivity contribution is 7.71. The second-order valence-corrected chi connectivity index (χ2v) is 5.61. The topological polar surface area (TPSA) is 83.3 Å². The summed E-state index contributed by atoms with van der Waals surface area (Å²) in [5, 5.41) is 22.2. The number of carbonyl (C=O) groups is 1. The third kappa shape index (κ3) is 2.74. The molecule has 0 atom stereocenters. The van der Waals surface area contributed by atoms with Crippen LogP contribution in [-0.4, -0.2) is 32.2 Å². The number of aromatic amines is 1. The van der Waals surface area contributed by atoms with Crippen LogP contribution < -0.4 is 0 Å². The van der Waals surface area contributed by atoms with E-state index in [9.17, 15) is 9.90 Å². The first kappa shape index (κ1) is 14.4. The van der Waals surface area contributed by atoms with Crippen LogP contribution in [0.4, 0.5) is 0 Å². The predicted molar refractivity (Wildman–Crippen MR) is 87.1 cm³/mol. The lowest BCUT2D eigenvalue weighted by Crippen LogP contribution is -2.02. The summed E-state index contributed by atoms with van der Waals surface area (Å²) in [6.45, 7) is 0. The monoisotopic (exact) mass is 330 g/mol. The molecule has 0 saturated carbocycles. The van der Waals surface area contributed by atoms with Crippen LogP contribution in [0, 0.1) is 4.77 Å². The standard InChI is InChI=1S/C14H10N4O2S2/c19-13(20)10-5-2-1-4-9(10)8-15-18-12(16-17-14(18)21)11-6-3-7-22-11/h1-8H,(H,17,21)(H,19,20)/b15-8-. The van der Waals surface area contributed by atoms with E-state index in [-0.39, 0.29) is 5.56 Å². The second-order valence-electron chi connectivity index (χ2n) is 4.28. The summed E-state index contributed by atoms with van der Waals surface area (Å²) in [5.41, 5.74) is 0.675. The average Bonchev–Trinajstić information content (AvgIpc) is 3.15. The van der Waals surface area contributed by atoms with Gasteiger partial charge in [-0.3, -0.25) is 0 Å². The number of benzene rings is 1. The van der Waals surface area contributed by atoms with E-state index in [1.807, 2.05) is 17.5 Å². The van der Waals surface area contributed by atoms with E-state index in [0.29, 0.717) is 16.2 Å². The van der Waals surface area contributed by atoms with E-state index >= 15 is 0 Å². The van der Waals surface area contributed by atoms with Gasteiger partial charge >= 0.3 is 5.97 Å². The molecular formula is C14H10N4O2S2. The first-order valence-corrected chi connectivity index (χ1v) is 7.53. The lowest BCUT2D eigenvalue weighted by Gasteiger charge is -2.01. The van der Waals surface area contributed by atoms with Gasteiger partial charge in [-0.2, -0.15) is 14.9 Å². The first-order chi connectivity index (χ1) is 10.7. The summed E-state index contributed by atoms with van der Waals surface area (Å²) >= 11 is 6.68. The minimum absolute atomic E-state index is 0.180. The van der Waals surface area contributed by atoms with Crippen molar-refractivity contribution in [2.24, 2.45) is 5.10 Å². The molecule has 0 fully saturated rings. The molecular weight excluding hydrogens is 320 g/mol. The zero-order valence-corrected chi connectivity index (χ0v) is 12.8. The summed E-state index contributed by atoms with van der Waals surface area (Å²) in [6, 6.07) is 10.4. The minimum Gasteiger partial charge on any atom is -0.478 e.